The van der Waals surface area contributed by atoms with Gasteiger partial charge in [-0.2, -0.15) is 0 Å². The number of rotatable bonds is 9. The van der Waals surface area contributed by atoms with Crippen molar-refractivity contribution in [3.05, 3.63) is 78.3 Å². The minimum absolute atomic E-state index is 0.0326. The predicted molar refractivity (Wildman–Crippen MR) is 149 cm³/mol. The molecule has 0 atom stereocenters. The van der Waals surface area contributed by atoms with Crippen molar-refractivity contribution in [1.82, 2.24) is 19.1 Å². The first-order valence-corrected chi connectivity index (χ1v) is 14.4. The molecule has 2 aromatic carbocycles. The van der Waals surface area contributed by atoms with Gasteiger partial charge >= 0.3 is 0 Å². The van der Waals surface area contributed by atoms with E-state index in [1.165, 1.54) is 43.6 Å². The summed E-state index contributed by atoms with van der Waals surface area (Å²) in [6.45, 7) is 6.90. The summed E-state index contributed by atoms with van der Waals surface area (Å²) in [5.74, 6) is 1.18. The van der Waals surface area contributed by atoms with Gasteiger partial charge in [-0.1, -0.05) is 62.9 Å². The number of amides is 1. The van der Waals surface area contributed by atoms with Crippen LogP contribution in [0.3, 0.4) is 0 Å². The summed E-state index contributed by atoms with van der Waals surface area (Å²) >= 11 is 1.24. The molecule has 0 aliphatic rings. The molecule has 0 aliphatic heterocycles. The number of hydrogen-bond acceptors (Lipinski definition) is 7. The molecule has 1 amide bonds. The Hall–Kier alpha value is -3.41. The number of carbonyl (C=O) groups excluding carboxylic acids is 1. The summed E-state index contributed by atoms with van der Waals surface area (Å²) in [6.07, 6.45) is 1.61. The number of aromatic nitrogens is 3. The van der Waals surface area contributed by atoms with Crippen molar-refractivity contribution in [2.45, 2.75) is 42.8 Å². The van der Waals surface area contributed by atoms with E-state index in [4.69, 9.17) is 4.42 Å². The van der Waals surface area contributed by atoms with Crippen molar-refractivity contribution in [3.8, 4) is 11.4 Å². The number of carbonyl (C=O) groups is 1. The topological polar surface area (TPSA) is 110 Å². The lowest BCUT2D eigenvalue weighted by molar-refractivity contribution is -0.113. The molecule has 2 heterocycles. The van der Waals surface area contributed by atoms with E-state index in [1.54, 1.807) is 18.4 Å². The molecular weight excluding hydrogens is 522 g/mol. The zero-order chi connectivity index (χ0) is 27.5. The maximum Gasteiger partial charge on any atom is 0.242 e. The van der Waals surface area contributed by atoms with Crippen LogP contribution in [0.4, 0.5) is 5.69 Å². The van der Waals surface area contributed by atoms with Gasteiger partial charge in [0.15, 0.2) is 11.0 Å². The maximum atomic E-state index is 12.7. The van der Waals surface area contributed by atoms with Gasteiger partial charge in [-0.05, 0) is 41.3 Å². The molecule has 0 radical (unpaired) electrons. The molecule has 0 spiro atoms. The van der Waals surface area contributed by atoms with E-state index >= 15 is 0 Å². The molecule has 0 unspecified atom stereocenters. The third-order valence-electron chi connectivity index (χ3n) is 5.85. The Morgan fingerprint density at radius 3 is 2.42 bits per heavy atom. The van der Waals surface area contributed by atoms with Gasteiger partial charge in [0.1, 0.15) is 5.76 Å². The minimum atomic E-state index is -3.61. The van der Waals surface area contributed by atoms with Gasteiger partial charge in [0.25, 0.3) is 0 Å². The van der Waals surface area contributed by atoms with E-state index in [0.717, 1.165) is 15.6 Å². The largest absolute Gasteiger partial charge is 0.467 e. The quantitative estimate of drug-likeness (QED) is 0.295. The van der Waals surface area contributed by atoms with Crippen LogP contribution in [0.25, 0.3) is 11.4 Å². The molecule has 0 aliphatic carbocycles. The maximum absolute atomic E-state index is 12.7. The first-order valence-electron chi connectivity index (χ1n) is 12.0. The highest BCUT2D eigenvalue weighted by molar-refractivity contribution is 7.99. The number of sulfonamides is 1. The van der Waals surface area contributed by atoms with Crippen LogP contribution in [0.15, 0.2) is 81.4 Å². The summed E-state index contributed by atoms with van der Waals surface area (Å²) in [4.78, 5) is 12.9. The van der Waals surface area contributed by atoms with Crippen LogP contribution in [0, 0.1) is 0 Å². The van der Waals surface area contributed by atoms with E-state index in [1.807, 2.05) is 28.8 Å². The molecule has 1 N–H and O–H groups in total. The smallest absolute Gasteiger partial charge is 0.242 e. The zero-order valence-electron chi connectivity index (χ0n) is 22.0. The molecule has 2 aromatic heterocycles. The van der Waals surface area contributed by atoms with Crippen LogP contribution >= 0.6 is 11.8 Å². The van der Waals surface area contributed by atoms with E-state index in [9.17, 15) is 13.2 Å². The second-order valence-corrected chi connectivity index (χ2v) is 13.0. The number of nitrogens with zero attached hydrogens (tertiary/aromatic N) is 4. The average molecular weight is 554 g/mol. The fraction of sp³-hybridized carbons (Fsp3) is 0.296. The second-order valence-electron chi connectivity index (χ2n) is 9.95. The number of furan rings is 1. The van der Waals surface area contributed by atoms with E-state index in [-0.39, 0.29) is 22.0 Å². The molecule has 4 aromatic rings. The van der Waals surface area contributed by atoms with Crippen molar-refractivity contribution in [1.29, 1.82) is 0 Å². The second kappa shape index (κ2) is 11.1. The number of benzene rings is 2. The van der Waals surface area contributed by atoms with Crippen molar-refractivity contribution < 1.29 is 17.6 Å². The van der Waals surface area contributed by atoms with Crippen molar-refractivity contribution >= 4 is 33.4 Å². The highest BCUT2D eigenvalue weighted by Gasteiger charge is 2.20. The fourth-order valence-corrected chi connectivity index (χ4v) is 5.39. The monoisotopic (exact) mass is 553 g/mol. The summed E-state index contributed by atoms with van der Waals surface area (Å²) in [5.41, 5.74) is 2.56. The van der Waals surface area contributed by atoms with Gasteiger partial charge < -0.3 is 9.73 Å². The molecule has 38 heavy (non-hydrogen) atoms. The standard InChI is InChI=1S/C27H31N5O4S2/c1-27(2,3)20-13-11-19(12-14-20)25-29-30-26(32(25)17-22-9-7-15-36-22)37-18-24(33)28-21-8-6-10-23(16-21)38(34,35)31(4)5/h6-16H,17-18H2,1-5H3,(H,28,33). The highest BCUT2D eigenvalue weighted by Crippen LogP contribution is 2.29. The Labute approximate surface area is 227 Å². The van der Waals surface area contributed by atoms with Crippen LogP contribution < -0.4 is 5.32 Å². The lowest BCUT2D eigenvalue weighted by Gasteiger charge is -2.19. The average Bonchev–Trinajstić information content (AvgIpc) is 3.53. The number of hydrogen-bond donors (Lipinski definition) is 1. The number of thioether (sulfide) groups is 1. The zero-order valence-corrected chi connectivity index (χ0v) is 23.6. The Morgan fingerprint density at radius 2 is 1.79 bits per heavy atom. The van der Waals surface area contributed by atoms with Gasteiger partial charge in [-0.3, -0.25) is 9.36 Å². The van der Waals surface area contributed by atoms with Crippen LogP contribution in [0.1, 0.15) is 32.1 Å². The molecule has 11 heteroatoms. The van der Waals surface area contributed by atoms with E-state index < -0.39 is 10.0 Å². The summed E-state index contributed by atoms with van der Waals surface area (Å²) < 4.78 is 33.4. The van der Waals surface area contributed by atoms with E-state index in [0.29, 0.717) is 23.2 Å². The Morgan fingerprint density at radius 1 is 1.05 bits per heavy atom. The molecule has 9 nitrogen and oxygen atoms in total. The Kier molecular flexibility index (Phi) is 8.10. The third kappa shape index (κ3) is 6.35. The van der Waals surface area contributed by atoms with Crippen molar-refractivity contribution in [2.24, 2.45) is 0 Å². The summed E-state index contributed by atoms with van der Waals surface area (Å²) in [7, 11) is -0.686. The van der Waals surface area contributed by atoms with Gasteiger partial charge in [0, 0.05) is 25.3 Å². The van der Waals surface area contributed by atoms with Gasteiger partial charge in [-0.25, -0.2) is 12.7 Å². The van der Waals surface area contributed by atoms with Crippen LogP contribution in [0.2, 0.25) is 0 Å². The third-order valence-corrected chi connectivity index (χ3v) is 8.63. The molecule has 0 saturated carbocycles. The Bertz CT molecular complexity index is 1500. The van der Waals surface area contributed by atoms with Gasteiger partial charge in [0.05, 0.1) is 23.5 Å². The van der Waals surface area contributed by atoms with Gasteiger partial charge in [-0.15, -0.1) is 10.2 Å². The summed E-state index contributed by atoms with van der Waals surface area (Å²) in [5, 5.41) is 12.1. The molecule has 0 saturated heterocycles. The van der Waals surface area contributed by atoms with Crippen molar-refractivity contribution in [3.63, 3.8) is 0 Å². The van der Waals surface area contributed by atoms with Crippen LogP contribution in [-0.4, -0.2) is 53.2 Å². The fourth-order valence-electron chi connectivity index (χ4n) is 3.70. The van der Waals surface area contributed by atoms with Crippen molar-refractivity contribution in [2.75, 3.05) is 25.2 Å². The minimum Gasteiger partial charge on any atom is -0.467 e. The first kappa shape index (κ1) is 27.6. The molecule has 200 valence electrons. The SMILES string of the molecule is CN(C)S(=O)(=O)c1cccc(NC(=O)CSc2nnc(-c3ccc(C(C)(C)C)cc3)n2Cc2ccco2)c1. The molecule has 0 bridgehead atoms. The van der Waals surface area contributed by atoms with Crippen LogP contribution in [0.5, 0.6) is 0 Å². The summed E-state index contributed by atoms with van der Waals surface area (Å²) in [6, 6.07) is 18.1. The number of anilines is 1. The normalized spacial score (nSPS) is 12.2. The predicted octanol–water partition coefficient (Wildman–Crippen LogP) is 4.87. The molecular formula is C27H31N5O4S2. The van der Waals surface area contributed by atoms with Gasteiger partial charge in [0.2, 0.25) is 15.9 Å². The lowest BCUT2D eigenvalue weighted by atomic mass is 9.87. The lowest BCUT2D eigenvalue weighted by Crippen LogP contribution is -2.22. The number of nitrogens with one attached hydrogen (secondary N) is 1. The molecule has 0 fully saturated rings. The van der Waals surface area contributed by atoms with E-state index in [2.05, 4.69) is 48.4 Å². The van der Waals surface area contributed by atoms with Crippen LogP contribution in [-0.2, 0) is 26.8 Å². The highest BCUT2D eigenvalue weighted by atomic mass is 32.2. The Balaban J connectivity index is 1.52. The first-order chi connectivity index (χ1) is 17.9. The molecule has 4 rings (SSSR count).